The van der Waals surface area contributed by atoms with Gasteiger partial charge < -0.3 is 10.4 Å². The normalized spacial score (nSPS) is 27.0. The second-order valence-electron chi connectivity index (χ2n) is 6.39. The maximum Gasteiger partial charge on any atom is 0.311 e. The lowest BCUT2D eigenvalue weighted by Crippen LogP contribution is -2.37. The van der Waals surface area contributed by atoms with Gasteiger partial charge in [0.05, 0.1) is 17.6 Å². The van der Waals surface area contributed by atoms with Gasteiger partial charge in [-0.05, 0) is 30.9 Å². The molecule has 1 heterocycles. The van der Waals surface area contributed by atoms with Crippen LogP contribution in [-0.2, 0) is 9.59 Å². The van der Waals surface area contributed by atoms with Crippen LogP contribution in [0.15, 0.2) is 18.2 Å². The first-order chi connectivity index (χ1) is 10.9. The van der Waals surface area contributed by atoms with Crippen molar-refractivity contribution in [3.63, 3.8) is 0 Å². The largest absolute Gasteiger partial charge is 0.481 e. The molecule has 1 aromatic carbocycles. The molecule has 2 atom stereocenters. The van der Waals surface area contributed by atoms with Gasteiger partial charge in [-0.15, -0.1) is 0 Å². The Hall–Kier alpha value is -2.02. The summed E-state index contributed by atoms with van der Waals surface area (Å²) in [6.07, 6.45) is 2.40. The van der Waals surface area contributed by atoms with Crippen molar-refractivity contribution >= 4 is 17.6 Å². The van der Waals surface area contributed by atoms with E-state index in [4.69, 9.17) is 0 Å². The molecule has 5 nitrogen and oxygen atoms in total. The lowest BCUT2D eigenvalue weighted by Gasteiger charge is -2.23. The first kappa shape index (κ1) is 15.9. The summed E-state index contributed by atoms with van der Waals surface area (Å²) in [6, 6.07) is 2.94. The molecule has 1 saturated heterocycles. The van der Waals surface area contributed by atoms with E-state index in [0.717, 1.165) is 18.9 Å². The third-order valence-electron chi connectivity index (χ3n) is 4.94. The van der Waals surface area contributed by atoms with E-state index >= 15 is 0 Å². The van der Waals surface area contributed by atoms with Crippen molar-refractivity contribution < 1.29 is 23.5 Å². The molecule has 3 rings (SSSR count). The first-order valence-electron chi connectivity index (χ1n) is 7.61. The molecule has 0 spiro atoms. The summed E-state index contributed by atoms with van der Waals surface area (Å²) in [7, 11) is 0. The molecule has 2 aliphatic rings. The summed E-state index contributed by atoms with van der Waals surface area (Å²) in [5.74, 6) is -2.71. The fraction of sp³-hybridized carbons (Fsp3) is 0.500. The van der Waals surface area contributed by atoms with Gasteiger partial charge in [0.25, 0.3) is 0 Å². The van der Waals surface area contributed by atoms with E-state index < -0.39 is 28.9 Å². The Labute approximate surface area is 132 Å². The van der Waals surface area contributed by atoms with E-state index in [1.165, 1.54) is 6.07 Å². The second-order valence-corrected chi connectivity index (χ2v) is 6.39. The molecular formula is C16H18F2N2O3. The lowest BCUT2D eigenvalue weighted by atomic mass is 9.81. The predicted molar refractivity (Wildman–Crippen MR) is 78.8 cm³/mol. The zero-order valence-electron chi connectivity index (χ0n) is 12.5. The molecule has 1 aliphatic carbocycles. The molecule has 0 unspecified atom stereocenters. The van der Waals surface area contributed by atoms with Gasteiger partial charge in [0.1, 0.15) is 11.6 Å². The highest BCUT2D eigenvalue weighted by Gasteiger charge is 2.54. The summed E-state index contributed by atoms with van der Waals surface area (Å²) in [4.78, 5) is 25.4. The highest BCUT2D eigenvalue weighted by Crippen LogP contribution is 2.48. The summed E-state index contributed by atoms with van der Waals surface area (Å²) in [5.41, 5.74) is -0.828. The molecule has 124 valence electrons. The highest BCUT2D eigenvalue weighted by molar-refractivity contribution is 5.92. The maximum absolute atomic E-state index is 13.5. The number of carboxylic acid groups (broad SMARTS) is 1. The zero-order valence-corrected chi connectivity index (χ0v) is 12.5. The van der Waals surface area contributed by atoms with E-state index in [0.29, 0.717) is 25.6 Å². The Morgan fingerprint density at radius 3 is 2.83 bits per heavy atom. The van der Waals surface area contributed by atoms with E-state index in [9.17, 15) is 23.5 Å². The third-order valence-corrected chi connectivity index (χ3v) is 4.94. The van der Waals surface area contributed by atoms with Gasteiger partial charge in [0.15, 0.2) is 0 Å². The molecule has 1 saturated carbocycles. The number of anilines is 1. The molecule has 0 radical (unpaired) electrons. The van der Waals surface area contributed by atoms with E-state index in [1.807, 2.05) is 0 Å². The average molecular weight is 324 g/mol. The van der Waals surface area contributed by atoms with Crippen LogP contribution in [0, 0.1) is 23.0 Å². The van der Waals surface area contributed by atoms with Gasteiger partial charge in [-0.1, -0.05) is 6.42 Å². The number of nitrogens with one attached hydrogen (secondary N) is 1. The molecule has 23 heavy (non-hydrogen) atoms. The number of fused-ring (bicyclic) bond motifs is 1. The number of carbonyl (C=O) groups excluding carboxylic acids is 1. The number of likely N-dealkylation sites (tertiary alicyclic amines) is 1. The van der Waals surface area contributed by atoms with Crippen LogP contribution in [0.5, 0.6) is 0 Å². The Morgan fingerprint density at radius 2 is 2.17 bits per heavy atom. The number of aliphatic carboxylic acids is 1. The van der Waals surface area contributed by atoms with Crippen LogP contribution in [-0.4, -0.2) is 41.5 Å². The summed E-state index contributed by atoms with van der Waals surface area (Å²) in [5, 5.41) is 11.9. The van der Waals surface area contributed by atoms with Crippen molar-refractivity contribution in [2.75, 3.05) is 25.0 Å². The van der Waals surface area contributed by atoms with Crippen molar-refractivity contribution in [2.45, 2.75) is 19.3 Å². The minimum atomic E-state index is -0.835. The number of nitrogens with zero attached hydrogens (tertiary/aromatic N) is 1. The van der Waals surface area contributed by atoms with Gasteiger partial charge in [0, 0.05) is 19.2 Å². The first-order valence-corrected chi connectivity index (χ1v) is 7.61. The maximum atomic E-state index is 13.5. The van der Waals surface area contributed by atoms with E-state index in [2.05, 4.69) is 5.32 Å². The summed E-state index contributed by atoms with van der Waals surface area (Å²) < 4.78 is 26.4. The second kappa shape index (κ2) is 5.88. The van der Waals surface area contributed by atoms with Crippen molar-refractivity contribution in [3.05, 3.63) is 29.8 Å². The Kier molecular flexibility index (Phi) is 4.06. The smallest absolute Gasteiger partial charge is 0.311 e. The molecule has 7 heteroatoms. The monoisotopic (exact) mass is 324 g/mol. The van der Waals surface area contributed by atoms with Crippen LogP contribution in [0.3, 0.4) is 0 Å². The lowest BCUT2D eigenvalue weighted by molar-refractivity contribution is -0.149. The molecule has 1 aromatic rings. The van der Waals surface area contributed by atoms with Crippen molar-refractivity contribution in [1.29, 1.82) is 0 Å². The predicted octanol–water partition coefficient (Wildman–Crippen LogP) is 2.09. The Bertz CT molecular complexity index is 652. The third kappa shape index (κ3) is 2.93. The summed E-state index contributed by atoms with van der Waals surface area (Å²) in [6.45, 7) is 0.903. The van der Waals surface area contributed by atoms with Gasteiger partial charge in [-0.3, -0.25) is 14.5 Å². The van der Waals surface area contributed by atoms with Crippen LogP contribution < -0.4 is 5.32 Å². The Balaban J connectivity index is 1.62. The minimum absolute atomic E-state index is 0.00233. The van der Waals surface area contributed by atoms with Crippen LogP contribution in [0.1, 0.15) is 19.3 Å². The number of hydrogen-bond donors (Lipinski definition) is 2. The SMILES string of the molecule is O=C(CN1C[C@@H]2CCC[C@@]2(C(=O)O)C1)Nc1ccc(F)cc1F. The van der Waals surface area contributed by atoms with Gasteiger partial charge in [-0.2, -0.15) is 0 Å². The van der Waals surface area contributed by atoms with Crippen molar-refractivity contribution in [2.24, 2.45) is 11.3 Å². The fourth-order valence-corrected chi connectivity index (χ4v) is 3.85. The standard InChI is InChI=1S/C16H18F2N2O3/c17-11-3-4-13(12(18)6-11)19-14(21)8-20-7-10-2-1-5-16(10,9-20)15(22)23/h3-4,6,10H,1-2,5,7-9H2,(H,19,21)(H,22,23)/t10-,16+/m0/s1. The highest BCUT2D eigenvalue weighted by atomic mass is 19.1. The van der Waals surface area contributed by atoms with Gasteiger partial charge >= 0.3 is 5.97 Å². The van der Waals surface area contributed by atoms with Gasteiger partial charge in [-0.25, -0.2) is 8.78 Å². The molecule has 0 aromatic heterocycles. The number of halogens is 2. The van der Waals surface area contributed by atoms with Crippen molar-refractivity contribution in [3.8, 4) is 0 Å². The minimum Gasteiger partial charge on any atom is -0.481 e. The number of carbonyl (C=O) groups is 2. The van der Waals surface area contributed by atoms with Crippen LogP contribution in [0.4, 0.5) is 14.5 Å². The number of hydrogen-bond acceptors (Lipinski definition) is 3. The van der Waals surface area contributed by atoms with Crippen LogP contribution >= 0.6 is 0 Å². The molecule has 2 N–H and O–H groups in total. The van der Waals surface area contributed by atoms with Gasteiger partial charge in [0.2, 0.25) is 5.91 Å². The molecule has 2 fully saturated rings. The Morgan fingerprint density at radius 1 is 1.39 bits per heavy atom. The van der Waals surface area contributed by atoms with Crippen molar-refractivity contribution in [1.82, 2.24) is 4.90 Å². The summed E-state index contributed by atoms with van der Waals surface area (Å²) >= 11 is 0. The average Bonchev–Trinajstić information content (AvgIpc) is 2.99. The van der Waals surface area contributed by atoms with E-state index in [1.54, 1.807) is 4.90 Å². The van der Waals surface area contributed by atoms with Crippen LogP contribution in [0.2, 0.25) is 0 Å². The number of carboxylic acids is 1. The number of rotatable bonds is 4. The molecule has 1 amide bonds. The number of amides is 1. The van der Waals surface area contributed by atoms with E-state index in [-0.39, 0.29) is 18.2 Å². The quantitative estimate of drug-likeness (QED) is 0.890. The topological polar surface area (TPSA) is 69.6 Å². The zero-order chi connectivity index (χ0) is 16.6. The fourth-order valence-electron chi connectivity index (χ4n) is 3.85. The number of benzene rings is 1. The molecule has 0 bridgehead atoms. The molecular weight excluding hydrogens is 306 g/mol. The molecule has 1 aliphatic heterocycles. The van der Waals surface area contributed by atoms with Crippen LogP contribution in [0.25, 0.3) is 0 Å².